The molecule has 0 atom stereocenters. The molecule has 0 saturated heterocycles. The highest BCUT2D eigenvalue weighted by Crippen LogP contribution is 2.33. The van der Waals surface area contributed by atoms with E-state index in [0.29, 0.717) is 10.2 Å². The number of aromatic nitrogens is 2. The molecular formula is C25H24ClN3O3S2. The van der Waals surface area contributed by atoms with Crippen molar-refractivity contribution < 1.29 is 13.2 Å². The highest BCUT2D eigenvalue weighted by Gasteiger charge is 2.22. The van der Waals surface area contributed by atoms with Crippen LogP contribution in [0.1, 0.15) is 29.7 Å². The van der Waals surface area contributed by atoms with Crippen molar-refractivity contribution in [1.82, 2.24) is 9.97 Å². The second kappa shape index (κ2) is 10.2. The molecule has 0 fully saturated rings. The third kappa shape index (κ3) is 5.63. The number of aryl methyl sites for hydroxylation is 2. The number of carbonyl (C=O) groups is 1. The fraction of sp³-hybridized carbons (Fsp3) is 0.240. The van der Waals surface area contributed by atoms with Crippen molar-refractivity contribution >= 4 is 54.0 Å². The van der Waals surface area contributed by atoms with Gasteiger partial charge in [0.2, 0.25) is 5.91 Å². The molecule has 0 radical (unpaired) electrons. The molecule has 0 saturated carbocycles. The largest absolute Gasteiger partial charge is 0.282 e. The summed E-state index contributed by atoms with van der Waals surface area (Å²) in [5.74, 6) is -0.318. The second-order valence-electron chi connectivity index (χ2n) is 8.10. The monoisotopic (exact) mass is 513 g/mol. The minimum atomic E-state index is -3.51. The van der Waals surface area contributed by atoms with Gasteiger partial charge in [-0.15, -0.1) is 0 Å². The second-order valence-corrected chi connectivity index (χ2v) is 11.7. The lowest BCUT2D eigenvalue weighted by molar-refractivity contribution is -0.118. The Balaban J connectivity index is 1.55. The first-order valence-electron chi connectivity index (χ1n) is 10.8. The fourth-order valence-electron chi connectivity index (χ4n) is 3.70. The van der Waals surface area contributed by atoms with E-state index in [2.05, 4.69) is 17.1 Å². The van der Waals surface area contributed by atoms with Gasteiger partial charge < -0.3 is 0 Å². The summed E-state index contributed by atoms with van der Waals surface area (Å²) >= 11 is 7.31. The maximum atomic E-state index is 13.3. The number of thiazole rings is 1. The van der Waals surface area contributed by atoms with Crippen molar-refractivity contribution in [1.29, 1.82) is 0 Å². The lowest BCUT2D eigenvalue weighted by Gasteiger charge is -2.19. The average molecular weight is 514 g/mol. The van der Waals surface area contributed by atoms with E-state index in [1.54, 1.807) is 23.2 Å². The van der Waals surface area contributed by atoms with Gasteiger partial charge in [-0.3, -0.25) is 14.7 Å². The maximum absolute atomic E-state index is 13.3. The third-order valence-corrected chi connectivity index (χ3v) is 8.47. The Morgan fingerprint density at radius 1 is 1.09 bits per heavy atom. The summed E-state index contributed by atoms with van der Waals surface area (Å²) in [5.41, 5.74) is 3.79. The molecule has 176 valence electrons. The lowest BCUT2D eigenvalue weighted by atomic mass is 10.1. The molecule has 0 unspecified atom stereocenters. The van der Waals surface area contributed by atoms with Gasteiger partial charge in [-0.05, 0) is 73.9 Å². The van der Waals surface area contributed by atoms with Crippen molar-refractivity contribution in [3.8, 4) is 0 Å². The summed E-state index contributed by atoms with van der Waals surface area (Å²) in [7, 11) is -3.51. The SMILES string of the molecule is Cc1cc(C)c2nc(N(Cc3ccccn3)C(=O)CCCS(=O)(=O)c3ccc(Cl)cc3)sc2c1. The van der Waals surface area contributed by atoms with Crippen LogP contribution in [0.3, 0.4) is 0 Å². The molecule has 0 aliphatic carbocycles. The van der Waals surface area contributed by atoms with E-state index in [1.165, 1.54) is 23.5 Å². The number of rotatable bonds is 8. The summed E-state index contributed by atoms with van der Waals surface area (Å²) in [6, 6.07) is 15.7. The zero-order valence-electron chi connectivity index (χ0n) is 18.9. The minimum Gasteiger partial charge on any atom is -0.282 e. The predicted octanol–water partition coefficient (Wildman–Crippen LogP) is 5.75. The van der Waals surface area contributed by atoms with Crippen LogP contribution in [0.5, 0.6) is 0 Å². The molecule has 1 amide bonds. The molecule has 0 aliphatic rings. The van der Waals surface area contributed by atoms with Crippen LogP contribution < -0.4 is 4.90 Å². The van der Waals surface area contributed by atoms with Crippen LogP contribution in [-0.2, 0) is 21.2 Å². The molecule has 4 rings (SSSR count). The number of pyridine rings is 1. The molecule has 4 aromatic rings. The normalized spacial score (nSPS) is 11.6. The maximum Gasteiger partial charge on any atom is 0.229 e. The van der Waals surface area contributed by atoms with E-state index in [9.17, 15) is 13.2 Å². The molecule has 6 nitrogen and oxygen atoms in total. The summed E-state index contributed by atoms with van der Waals surface area (Å²) in [5, 5.41) is 1.06. The van der Waals surface area contributed by atoms with Crippen molar-refractivity contribution in [2.24, 2.45) is 0 Å². The van der Waals surface area contributed by atoms with Crippen LogP contribution in [0.2, 0.25) is 5.02 Å². The zero-order chi connectivity index (χ0) is 24.3. The van der Waals surface area contributed by atoms with Gasteiger partial charge in [0.25, 0.3) is 0 Å². The van der Waals surface area contributed by atoms with Crippen LogP contribution in [0.15, 0.2) is 65.7 Å². The number of hydrogen-bond acceptors (Lipinski definition) is 6. The topological polar surface area (TPSA) is 80.2 Å². The highest BCUT2D eigenvalue weighted by atomic mass is 35.5. The van der Waals surface area contributed by atoms with Gasteiger partial charge in [0.1, 0.15) is 0 Å². The number of fused-ring (bicyclic) bond motifs is 1. The van der Waals surface area contributed by atoms with E-state index in [4.69, 9.17) is 16.6 Å². The number of carbonyl (C=O) groups excluding carboxylic acids is 1. The van der Waals surface area contributed by atoms with Crippen molar-refractivity contribution in [2.75, 3.05) is 10.7 Å². The van der Waals surface area contributed by atoms with Gasteiger partial charge in [0, 0.05) is 17.6 Å². The van der Waals surface area contributed by atoms with Crippen LogP contribution in [0.4, 0.5) is 5.13 Å². The molecule has 0 bridgehead atoms. The Kier molecular flexibility index (Phi) is 7.30. The third-order valence-electron chi connectivity index (χ3n) is 5.37. The molecule has 2 aromatic carbocycles. The molecule has 0 N–H and O–H groups in total. The Hall–Kier alpha value is -2.81. The minimum absolute atomic E-state index is 0.0770. The van der Waals surface area contributed by atoms with Crippen LogP contribution in [0, 0.1) is 13.8 Å². The van der Waals surface area contributed by atoms with Gasteiger partial charge in [0.15, 0.2) is 15.0 Å². The predicted molar refractivity (Wildman–Crippen MR) is 137 cm³/mol. The standard InChI is InChI=1S/C25H24ClN3O3S2/c1-17-14-18(2)24-22(15-17)33-25(28-24)29(16-20-6-3-4-12-27-20)23(30)7-5-13-34(31,32)21-10-8-19(26)9-11-21/h3-4,6,8-12,14-15H,5,7,13,16H2,1-2H3. The number of halogens is 1. The Morgan fingerprint density at radius 2 is 1.85 bits per heavy atom. The number of sulfone groups is 1. The quantitative estimate of drug-likeness (QED) is 0.300. The van der Waals surface area contributed by atoms with E-state index in [-0.39, 0.29) is 35.9 Å². The van der Waals surface area contributed by atoms with Gasteiger partial charge >= 0.3 is 0 Å². The average Bonchev–Trinajstić information content (AvgIpc) is 3.22. The summed E-state index contributed by atoms with van der Waals surface area (Å²) in [4.78, 5) is 24.2. The van der Waals surface area contributed by atoms with Gasteiger partial charge in [-0.2, -0.15) is 0 Å². The smallest absolute Gasteiger partial charge is 0.229 e. The van der Waals surface area contributed by atoms with Crippen LogP contribution >= 0.6 is 22.9 Å². The molecule has 0 aliphatic heterocycles. The van der Waals surface area contributed by atoms with E-state index >= 15 is 0 Å². The first kappa shape index (κ1) is 24.3. The van der Waals surface area contributed by atoms with Crippen LogP contribution in [0.25, 0.3) is 10.2 Å². The number of hydrogen-bond donors (Lipinski definition) is 0. The van der Waals surface area contributed by atoms with Crippen molar-refractivity contribution in [3.05, 3.63) is 82.6 Å². The summed E-state index contributed by atoms with van der Waals surface area (Å²) in [6.45, 7) is 4.30. The Labute approximate surface area is 208 Å². The van der Waals surface area contributed by atoms with Gasteiger partial charge in [-0.1, -0.05) is 35.1 Å². The number of nitrogens with zero attached hydrogens (tertiary/aromatic N) is 3. The lowest BCUT2D eigenvalue weighted by Crippen LogP contribution is -2.30. The van der Waals surface area contributed by atoms with Crippen LogP contribution in [-0.4, -0.2) is 30.0 Å². The summed E-state index contributed by atoms with van der Waals surface area (Å²) in [6.07, 6.45) is 1.96. The Morgan fingerprint density at radius 3 is 2.56 bits per heavy atom. The fourth-order valence-corrected chi connectivity index (χ4v) is 6.29. The number of amides is 1. The molecule has 2 aromatic heterocycles. The van der Waals surface area contributed by atoms with Gasteiger partial charge in [-0.25, -0.2) is 13.4 Å². The number of anilines is 1. The molecular weight excluding hydrogens is 490 g/mol. The van der Waals surface area contributed by atoms with E-state index in [0.717, 1.165) is 27.0 Å². The van der Waals surface area contributed by atoms with E-state index < -0.39 is 9.84 Å². The molecule has 0 spiro atoms. The molecule has 9 heteroatoms. The molecule has 2 heterocycles. The molecule has 34 heavy (non-hydrogen) atoms. The van der Waals surface area contributed by atoms with Crippen molar-refractivity contribution in [3.63, 3.8) is 0 Å². The Bertz CT molecular complexity index is 1420. The highest BCUT2D eigenvalue weighted by molar-refractivity contribution is 7.91. The zero-order valence-corrected chi connectivity index (χ0v) is 21.3. The summed E-state index contributed by atoms with van der Waals surface area (Å²) < 4.78 is 26.3. The van der Waals surface area contributed by atoms with E-state index in [1.807, 2.05) is 32.0 Å². The first-order valence-corrected chi connectivity index (χ1v) is 13.6. The van der Waals surface area contributed by atoms with Crippen molar-refractivity contribution in [2.45, 2.75) is 38.1 Å². The van der Waals surface area contributed by atoms with Gasteiger partial charge in [0.05, 0.1) is 33.1 Å². The first-order chi connectivity index (χ1) is 16.2. The number of benzene rings is 2.